The second kappa shape index (κ2) is 9.61. The first-order chi connectivity index (χ1) is 14.5. The number of rotatable bonds is 8. The van der Waals surface area contributed by atoms with Gasteiger partial charge < -0.3 is 14.5 Å². The zero-order chi connectivity index (χ0) is 21.5. The summed E-state index contributed by atoms with van der Waals surface area (Å²) in [7, 11) is 0. The number of aryl methyl sites for hydroxylation is 2. The van der Waals surface area contributed by atoms with Crippen molar-refractivity contribution >= 4 is 11.9 Å². The number of hydrogen-bond donors (Lipinski definition) is 1. The lowest BCUT2D eigenvalue weighted by atomic mass is 10.1. The zero-order valence-electron chi connectivity index (χ0n) is 16.9. The number of hydrogen-bond acceptors (Lipinski definition) is 5. The molecule has 1 N–H and O–H groups in total. The van der Waals surface area contributed by atoms with E-state index in [1.165, 1.54) is 5.56 Å². The van der Waals surface area contributed by atoms with Crippen LogP contribution in [0.15, 0.2) is 59.3 Å². The Morgan fingerprint density at radius 1 is 1.20 bits per heavy atom. The zero-order valence-corrected chi connectivity index (χ0v) is 16.9. The molecule has 2 aromatic heterocycles. The summed E-state index contributed by atoms with van der Waals surface area (Å²) in [6.45, 7) is 3.05. The van der Waals surface area contributed by atoms with E-state index in [0.717, 1.165) is 12.8 Å². The highest BCUT2D eigenvalue weighted by molar-refractivity contribution is 5.95. The number of benzene rings is 1. The third kappa shape index (κ3) is 4.97. The molecule has 3 rings (SSSR count). The van der Waals surface area contributed by atoms with E-state index in [-0.39, 0.29) is 28.8 Å². The van der Waals surface area contributed by atoms with E-state index in [1.807, 2.05) is 43.3 Å². The highest BCUT2D eigenvalue weighted by atomic mass is 16.5. The van der Waals surface area contributed by atoms with Gasteiger partial charge in [-0.2, -0.15) is 5.26 Å². The van der Waals surface area contributed by atoms with Crippen LogP contribution in [-0.2, 0) is 16.0 Å². The molecule has 2 heterocycles. The lowest BCUT2D eigenvalue weighted by Gasteiger charge is -2.14. The number of carbonyl (C=O) groups is 2. The predicted octanol–water partition coefficient (Wildman–Crippen LogP) is 3.54. The molecule has 0 saturated heterocycles. The van der Waals surface area contributed by atoms with Crippen LogP contribution in [-0.4, -0.2) is 29.1 Å². The van der Waals surface area contributed by atoms with Crippen molar-refractivity contribution in [3.63, 3.8) is 0 Å². The van der Waals surface area contributed by atoms with Gasteiger partial charge in [0, 0.05) is 18.4 Å². The first-order valence-electron chi connectivity index (χ1n) is 9.66. The highest BCUT2D eigenvalue weighted by Gasteiger charge is 2.26. The Kier molecular flexibility index (Phi) is 6.71. The normalized spacial score (nSPS) is 11.5. The fourth-order valence-electron chi connectivity index (χ4n) is 3.15. The standard InChI is InChI=1S/C23H23N3O4/c1-16(10-11-18-8-4-3-5-9-18)25-20(27)15-29-23(28)21-17(2)30-22(19(21)14-24)26-12-6-7-13-26/h3-9,12-13,16H,10-11,15H2,1-2H3,(H,25,27)/t16-/m0/s1. The molecule has 3 aromatic rings. The topological polar surface area (TPSA) is 97.3 Å². The molecule has 1 aromatic carbocycles. The summed E-state index contributed by atoms with van der Waals surface area (Å²) >= 11 is 0. The average molecular weight is 405 g/mol. The molecular weight excluding hydrogens is 382 g/mol. The molecule has 0 aliphatic rings. The third-order valence-electron chi connectivity index (χ3n) is 4.67. The molecule has 1 atom stereocenters. The van der Waals surface area contributed by atoms with Gasteiger partial charge in [0.05, 0.1) is 0 Å². The van der Waals surface area contributed by atoms with Gasteiger partial charge in [0.2, 0.25) is 5.88 Å². The maximum atomic E-state index is 12.5. The van der Waals surface area contributed by atoms with E-state index in [9.17, 15) is 14.9 Å². The van der Waals surface area contributed by atoms with Crippen molar-refractivity contribution in [3.8, 4) is 12.0 Å². The summed E-state index contributed by atoms with van der Waals surface area (Å²) in [5, 5.41) is 12.3. The number of ether oxygens (including phenoxy) is 1. The molecule has 0 aliphatic carbocycles. The summed E-state index contributed by atoms with van der Waals surface area (Å²) in [5.41, 5.74) is 1.31. The molecule has 30 heavy (non-hydrogen) atoms. The van der Waals surface area contributed by atoms with Crippen molar-refractivity contribution in [2.45, 2.75) is 32.7 Å². The van der Waals surface area contributed by atoms with Crippen molar-refractivity contribution < 1.29 is 18.7 Å². The van der Waals surface area contributed by atoms with E-state index in [0.29, 0.717) is 0 Å². The maximum Gasteiger partial charge on any atom is 0.343 e. The number of aromatic nitrogens is 1. The smallest absolute Gasteiger partial charge is 0.343 e. The minimum atomic E-state index is -0.765. The van der Waals surface area contributed by atoms with E-state index in [4.69, 9.17) is 9.15 Å². The molecule has 0 fully saturated rings. The van der Waals surface area contributed by atoms with Crippen LogP contribution in [0.25, 0.3) is 5.88 Å². The first kappa shape index (κ1) is 20.9. The van der Waals surface area contributed by atoms with Crippen LogP contribution in [0.3, 0.4) is 0 Å². The van der Waals surface area contributed by atoms with Crippen molar-refractivity contribution in [2.75, 3.05) is 6.61 Å². The van der Waals surface area contributed by atoms with Crippen molar-refractivity contribution in [1.82, 2.24) is 9.88 Å². The Morgan fingerprint density at radius 3 is 2.57 bits per heavy atom. The molecule has 0 unspecified atom stereocenters. The number of furan rings is 1. The van der Waals surface area contributed by atoms with Crippen LogP contribution < -0.4 is 5.32 Å². The molecule has 0 radical (unpaired) electrons. The minimum absolute atomic E-state index is 0.0335. The Hall–Kier alpha value is -3.79. The van der Waals surface area contributed by atoms with Crippen molar-refractivity contribution in [3.05, 3.63) is 77.3 Å². The number of nitriles is 1. The van der Waals surface area contributed by atoms with E-state index < -0.39 is 18.5 Å². The van der Waals surface area contributed by atoms with Gasteiger partial charge in [-0.3, -0.25) is 9.36 Å². The second-order valence-electron chi connectivity index (χ2n) is 6.98. The number of carbonyl (C=O) groups excluding carboxylic acids is 2. The van der Waals surface area contributed by atoms with Crippen LogP contribution in [0.1, 0.15) is 40.6 Å². The number of nitrogens with zero attached hydrogens (tertiary/aromatic N) is 2. The molecular formula is C23H23N3O4. The molecule has 0 bridgehead atoms. The van der Waals surface area contributed by atoms with Crippen LogP contribution in [0.2, 0.25) is 0 Å². The van der Waals surface area contributed by atoms with Gasteiger partial charge in [-0.05, 0) is 44.4 Å². The van der Waals surface area contributed by atoms with Gasteiger partial charge in [-0.25, -0.2) is 4.79 Å². The average Bonchev–Trinajstić information content (AvgIpc) is 3.38. The molecule has 0 spiro atoms. The Morgan fingerprint density at radius 2 is 1.90 bits per heavy atom. The summed E-state index contributed by atoms with van der Waals surface area (Å²) in [6, 6.07) is 15.5. The SMILES string of the molecule is Cc1oc(-n2cccc2)c(C#N)c1C(=O)OCC(=O)N[C@@H](C)CCc1ccccc1. The number of amides is 1. The summed E-state index contributed by atoms with van der Waals surface area (Å²) < 4.78 is 12.3. The van der Waals surface area contributed by atoms with Crippen molar-refractivity contribution in [2.24, 2.45) is 0 Å². The van der Waals surface area contributed by atoms with E-state index in [2.05, 4.69) is 5.32 Å². The second-order valence-corrected chi connectivity index (χ2v) is 6.98. The quantitative estimate of drug-likeness (QED) is 0.578. The maximum absolute atomic E-state index is 12.5. The van der Waals surface area contributed by atoms with Crippen LogP contribution in [0.4, 0.5) is 0 Å². The van der Waals surface area contributed by atoms with Crippen molar-refractivity contribution in [1.29, 1.82) is 5.26 Å². The molecule has 0 saturated carbocycles. The Labute approximate surface area is 174 Å². The van der Waals surface area contributed by atoms with Gasteiger partial charge in [0.1, 0.15) is 23.0 Å². The van der Waals surface area contributed by atoms with E-state index in [1.54, 1.807) is 36.0 Å². The molecule has 154 valence electrons. The largest absolute Gasteiger partial charge is 0.452 e. The van der Waals surface area contributed by atoms with Gasteiger partial charge in [0.15, 0.2) is 6.61 Å². The Bertz CT molecular complexity index is 1050. The lowest BCUT2D eigenvalue weighted by molar-refractivity contribution is -0.124. The predicted molar refractivity (Wildman–Crippen MR) is 110 cm³/mol. The van der Waals surface area contributed by atoms with Crippen LogP contribution >= 0.6 is 0 Å². The lowest BCUT2D eigenvalue weighted by Crippen LogP contribution is -2.36. The van der Waals surface area contributed by atoms with Gasteiger partial charge in [-0.15, -0.1) is 0 Å². The minimum Gasteiger partial charge on any atom is -0.452 e. The van der Waals surface area contributed by atoms with E-state index >= 15 is 0 Å². The summed E-state index contributed by atoms with van der Waals surface area (Å²) in [6.07, 6.45) is 5.02. The number of nitrogens with one attached hydrogen (secondary N) is 1. The Balaban J connectivity index is 1.55. The summed E-state index contributed by atoms with van der Waals surface area (Å²) in [5.74, 6) is -0.657. The fourth-order valence-corrected chi connectivity index (χ4v) is 3.15. The monoisotopic (exact) mass is 405 g/mol. The molecule has 7 nitrogen and oxygen atoms in total. The molecule has 1 amide bonds. The van der Waals surface area contributed by atoms with Crippen LogP contribution in [0.5, 0.6) is 0 Å². The van der Waals surface area contributed by atoms with Gasteiger partial charge in [-0.1, -0.05) is 30.3 Å². The third-order valence-corrected chi connectivity index (χ3v) is 4.67. The number of esters is 1. The highest BCUT2D eigenvalue weighted by Crippen LogP contribution is 2.26. The molecule has 7 heteroatoms. The molecule has 0 aliphatic heterocycles. The van der Waals surface area contributed by atoms with Crippen LogP contribution in [0, 0.1) is 18.3 Å². The first-order valence-corrected chi connectivity index (χ1v) is 9.66. The van der Waals surface area contributed by atoms with Gasteiger partial charge in [0.25, 0.3) is 5.91 Å². The fraction of sp³-hybridized carbons (Fsp3) is 0.261. The summed E-state index contributed by atoms with van der Waals surface area (Å²) in [4.78, 5) is 24.7. The van der Waals surface area contributed by atoms with Gasteiger partial charge >= 0.3 is 5.97 Å².